The van der Waals surface area contributed by atoms with E-state index in [9.17, 15) is 9.59 Å². The molecule has 5 nitrogen and oxygen atoms in total. The minimum Gasteiger partial charge on any atom is -0.481 e. The van der Waals surface area contributed by atoms with Gasteiger partial charge >= 0.3 is 5.97 Å². The zero-order valence-corrected chi connectivity index (χ0v) is 7.23. The van der Waals surface area contributed by atoms with Crippen molar-refractivity contribution < 1.29 is 14.7 Å². The van der Waals surface area contributed by atoms with Crippen LogP contribution in [0.1, 0.15) is 19.8 Å². The van der Waals surface area contributed by atoms with E-state index in [2.05, 4.69) is 9.98 Å². The van der Waals surface area contributed by atoms with E-state index < -0.39 is 11.9 Å². The molecule has 70 valence electrons. The molecule has 1 heterocycles. The van der Waals surface area contributed by atoms with Crippen molar-refractivity contribution in [2.75, 3.05) is 0 Å². The number of aliphatic carboxylic acids is 1. The lowest BCUT2D eigenvalue weighted by Crippen LogP contribution is -2.20. The van der Waals surface area contributed by atoms with Crippen LogP contribution in [0.25, 0.3) is 0 Å². The quantitative estimate of drug-likeness (QED) is 0.690. The van der Waals surface area contributed by atoms with Crippen LogP contribution in [0, 0.1) is 5.92 Å². The van der Waals surface area contributed by atoms with Gasteiger partial charge in [0.2, 0.25) is 0 Å². The van der Waals surface area contributed by atoms with E-state index in [1.165, 1.54) is 6.21 Å². The van der Waals surface area contributed by atoms with Crippen molar-refractivity contribution in [3.8, 4) is 0 Å². The molecule has 5 heteroatoms. The number of carbonyl (C=O) groups excluding carboxylic acids is 1. The van der Waals surface area contributed by atoms with E-state index in [4.69, 9.17) is 5.11 Å². The van der Waals surface area contributed by atoms with Crippen LogP contribution in [0.2, 0.25) is 0 Å². The number of amidine groups is 1. The molecular weight excluding hydrogens is 172 g/mol. The molecule has 1 aliphatic heterocycles. The highest BCUT2D eigenvalue weighted by molar-refractivity contribution is 6.08. The minimum atomic E-state index is -0.910. The molecule has 0 saturated heterocycles. The van der Waals surface area contributed by atoms with Gasteiger partial charge in [-0.3, -0.25) is 9.59 Å². The van der Waals surface area contributed by atoms with Crippen molar-refractivity contribution in [3.63, 3.8) is 0 Å². The minimum absolute atomic E-state index is 0.0308. The van der Waals surface area contributed by atoms with Crippen molar-refractivity contribution in [2.45, 2.75) is 19.8 Å². The summed E-state index contributed by atoms with van der Waals surface area (Å²) in [6.07, 6.45) is 1.71. The first-order valence-corrected chi connectivity index (χ1v) is 3.94. The fourth-order valence-corrected chi connectivity index (χ4v) is 1.01. The highest BCUT2D eigenvalue weighted by Gasteiger charge is 2.19. The van der Waals surface area contributed by atoms with Gasteiger partial charge in [0.05, 0.1) is 5.92 Å². The fraction of sp³-hybridized carbons (Fsp3) is 0.500. The lowest BCUT2D eigenvalue weighted by molar-refractivity contribution is -0.137. The summed E-state index contributed by atoms with van der Waals surface area (Å²) in [5, 5.41) is 8.39. The number of nitrogens with zero attached hydrogens (tertiary/aromatic N) is 2. The van der Waals surface area contributed by atoms with Crippen LogP contribution < -0.4 is 0 Å². The molecule has 1 rings (SSSR count). The number of rotatable bonds is 3. The van der Waals surface area contributed by atoms with Crippen LogP contribution in [0.15, 0.2) is 9.98 Å². The first-order valence-electron chi connectivity index (χ1n) is 3.94. The molecule has 1 unspecified atom stereocenters. The predicted molar refractivity (Wildman–Crippen MR) is 47.0 cm³/mol. The molecule has 0 spiro atoms. The summed E-state index contributed by atoms with van der Waals surface area (Å²) < 4.78 is 0. The van der Waals surface area contributed by atoms with E-state index in [1.807, 2.05) is 0 Å². The molecule has 0 radical (unpaired) electrons. The molecular formula is C8H10N2O3. The van der Waals surface area contributed by atoms with Crippen LogP contribution in [-0.2, 0) is 9.59 Å². The maximum absolute atomic E-state index is 11.1. The lowest BCUT2D eigenvalue weighted by atomic mass is 10.0. The second-order valence-electron chi connectivity index (χ2n) is 2.81. The molecule has 0 aromatic carbocycles. The van der Waals surface area contributed by atoms with Gasteiger partial charge in [0.15, 0.2) is 0 Å². The third-order valence-electron chi connectivity index (χ3n) is 1.70. The number of hydrogen-bond acceptors (Lipinski definition) is 3. The summed E-state index contributed by atoms with van der Waals surface area (Å²) in [5.41, 5.74) is 0. The maximum Gasteiger partial charge on any atom is 0.303 e. The molecule has 0 fully saturated rings. The number of hydrogen-bond donors (Lipinski definition) is 1. The SMILES string of the molecule is CC1=NC(=O)C(CCC(=O)O)C=N1. The molecule has 1 aliphatic rings. The summed E-state index contributed by atoms with van der Waals surface area (Å²) in [5.74, 6) is -1.24. The van der Waals surface area contributed by atoms with Gasteiger partial charge in [0.25, 0.3) is 5.91 Å². The normalized spacial score (nSPS) is 21.5. The fourth-order valence-electron chi connectivity index (χ4n) is 1.01. The number of carboxylic acid groups (broad SMARTS) is 1. The Morgan fingerprint density at radius 1 is 1.69 bits per heavy atom. The molecule has 0 aromatic rings. The molecule has 0 saturated carbocycles. The van der Waals surface area contributed by atoms with E-state index in [-0.39, 0.29) is 18.7 Å². The summed E-state index contributed by atoms with van der Waals surface area (Å²) in [4.78, 5) is 28.8. The van der Waals surface area contributed by atoms with Crippen LogP contribution in [0.4, 0.5) is 0 Å². The maximum atomic E-state index is 11.1. The molecule has 1 atom stereocenters. The summed E-state index contributed by atoms with van der Waals surface area (Å²) >= 11 is 0. The van der Waals surface area contributed by atoms with Gasteiger partial charge in [-0.15, -0.1) is 0 Å². The third-order valence-corrected chi connectivity index (χ3v) is 1.70. The molecule has 0 aromatic heterocycles. The van der Waals surface area contributed by atoms with Gasteiger partial charge in [0.1, 0.15) is 5.84 Å². The number of amides is 1. The summed E-state index contributed by atoms with van der Waals surface area (Å²) in [6.45, 7) is 1.63. The van der Waals surface area contributed by atoms with Crippen LogP contribution in [-0.4, -0.2) is 29.0 Å². The Morgan fingerprint density at radius 2 is 2.38 bits per heavy atom. The Labute approximate surface area is 75.2 Å². The van der Waals surface area contributed by atoms with Crippen LogP contribution >= 0.6 is 0 Å². The van der Waals surface area contributed by atoms with Crippen molar-refractivity contribution in [1.82, 2.24) is 0 Å². The average molecular weight is 182 g/mol. The molecule has 0 aliphatic carbocycles. The third kappa shape index (κ3) is 2.77. The van der Waals surface area contributed by atoms with E-state index in [0.717, 1.165) is 0 Å². The zero-order chi connectivity index (χ0) is 9.84. The highest BCUT2D eigenvalue weighted by atomic mass is 16.4. The Kier molecular flexibility index (Phi) is 2.89. The molecule has 0 bridgehead atoms. The molecule has 1 N–H and O–H groups in total. The van der Waals surface area contributed by atoms with Crippen molar-refractivity contribution in [3.05, 3.63) is 0 Å². The number of carbonyl (C=O) groups is 2. The standard InChI is InChI=1S/C8H10N2O3/c1-5-9-4-6(8(13)10-5)2-3-7(11)12/h4,6H,2-3H2,1H3,(H,11,12). The van der Waals surface area contributed by atoms with Crippen molar-refractivity contribution in [2.24, 2.45) is 15.9 Å². The number of aliphatic imine (C=N–C) groups is 2. The first-order chi connectivity index (χ1) is 6.09. The van der Waals surface area contributed by atoms with Crippen molar-refractivity contribution in [1.29, 1.82) is 0 Å². The predicted octanol–water partition coefficient (Wildman–Crippen LogP) is 0.497. The molecule has 13 heavy (non-hydrogen) atoms. The first kappa shape index (κ1) is 9.57. The smallest absolute Gasteiger partial charge is 0.303 e. The monoisotopic (exact) mass is 182 g/mol. The lowest BCUT2D eigenvalue weighted by Gasteiger charge is -2.09. The number of carboxylic acids is 1. The second-order valence-corrected chi connectivity index (χ2v) is 2.81. The topological polar surface area (TPSA) is 79.1 Å². The largest absolute Gasteiger partial charge is 0.481 e. The summed E-state index contributed by atoms with van der Waals surface area (Å²) in [6, 6.07) is 0. The Bertz CT molecular complexity index is 294. The van der Waals surface area contributed by atoms with Gasteiger partial charge in [-0.1, -0.05) is 0 Å². The van der Waals surface area contributed by atoms with Crippen LogP contribution in [0.3, 0.4) is 0 Å². The van der Waals surface area contributed by atoms with Crippen LogP contribution in [0.5, 0.6) is 0 Å². The zero-order valence-electron chi connectivity index (χ0n) is 7.23. The van der Waals surface area contributed by atoms with Gasteiger partial charge in [0, 0.05) is 12.6 Å². The van der Waals surface area contributed by atoms with Crippen molar-refractivity contribution >= 4 is 23.9 Å². The van der Waals surface area contributed by atoms with Gasteiger partial charge in [-0.2, -0.15) is 4.99 Å². The van der Waals surface area contributed by atoms with E-state index >= 15 is 0 Å². The molecule has 1 amide bonds. The highest BCUT2D eigenvalue weighted by Crippen LogP contribution is 2.10. The van der Waals surface area contributed by atoms with Gasteiger partial charge in [-0.05, 0) is 13.3 Å². The Morgan fingerprint density at radius 3 is 2.92 bits per heavy atom. The van der Waals surface area contributed by atoms with E-state index in [0.29, 0.717) is 5.84 Å². The second kappa shape index (κ2) is 3.93. The van der Waals surface area contributed by atoms with E-state index in [1.54, 1.807) is 6.92 Å². The van der Waals surface area contributed by atoms with Gasteiger partial charge in [-0.25, -0.2) is 4.99 Å². The Balaban J connectivity index is 2.50. The average Bonchev–Trinajstić information content (AvgIpc) is 2.02. The summed E-state index contributed by atoms with van der Waals surface area (Å²) in [7, 11) is 0. The van der Waals surface area contributed by atoms with Gasteiger partial charge < -0.3 is 5.11 Å². The Hall–Kier alpha value is -1.52.